The zero-order valence-electron chi connectivity index (χ0n) is 8.33. The molecule has 3 heterocycles. The fourth-order valence-corrected chi connectivity index (χ4v) is 2.10. The Morgan fingerprint density at radius 3 is 3.07 bits per heavy atom. The summed E-state index contributed by atoms with van der Waals surface area (Å²) < 4.78 is 0. The third-order valence-electron chi connectivity index (χ3n) is 2.86. The minimum atomic E-state index is 1.02. The van der Waals surface area contributed by atoms with E-state index >= 15 is 0 Å². The molecule has 0 fully saturated rings. The molecule has 0 spiro atoms. The predicted molar refractivity (Wildman–Crippen MR) is 56.4 cm³/mol. The van der Waals surface area contributed by atoms with E-state index in [1.807, 2.05) is 18.3 Å². The maximum Gasteiger partial charge on any atom is 0.203 e. The Morgan fingerprint density at radius 2 is 2.27 bits per heavy atom. The van der Waals surface area contributed by atoms with Crippen LogP contribution < -0.4 is 4.90 Å². The molecule has 0 saturated carbocycles. The Balaban J connectivity index is 2.18. The van der Waals surface area contributed by atoms with Crippen LogP contribution >= 0.6 is 0 Å². The Kier molecular flexibility index (Phi) is 1.82. The van der Waals surface area contributed by atoms with Crippen molar-refractivity contribution in [3.05, 3.63) is 37.1 Å². The Morgan fingerprint density at radius 1 is 1.33 bits per heavy atom. The Bertz CT molecular complexity index is 475. The van der Waals surface area contributed by atoms with Crippen molar-refractivity contribution in [1.82, 2.24) is 15.2 Å². The van der Waals surface area contributed by atoms with Gasteiger partial charge in [0, 0.05) is 29.9 Å². The number of H-pyrrole nitrogens is 1. The molecule has 1 unspecified atom stereocenters. The summed E-state index contributed by atoms with van der Waals surface area (Å²) in [5, 5.41) is 6.97. The van der Waals surface area contributed by atoms with Crippen molar-refractivity contribution in [2.45, 2.75) is 6.42 Å². The second-order valence-corrected chi connectivity index (χ2v) is 3.76. The van der Waals surface area contributed by atoms with Crippen molar-refractivity contribution in [2.24, 2.45) is 0 Å². The third-order valence-corrected chi connectivity index (χ3v) is 2.86. The van der Waals surface area contributed by atoms with E-state index in [0.29, 0.717) is 0 Å². The highest BCUT2D eigenvalue weighted by atomic mass is 15.2. The molecule has 0 radical (unpaired) electrons. The second-order valence-electron chi connectivity index (χ2n) is 3.76. The van der Waals surface area contributed by atoms with E-state index in [2.05, 4.69) is 22.2 Å². The maximum absolute atomic E-state index is 4.38. The summed E-state index contributed by atoms with van der Waals surface area (Å²) in [5.41, 5.74) is 3.56. The van der Waals surface area contributed by atoms with Crippen molar-refractivity contribution < 1.29 is 4.90 Å². The average molecular weight is 200 g/mol. The van der Waals surface area contributed by atoms with Crippen LogP contribution in [0, 0.1) is 7.05 Å². The number of pyridine rings is 1. The molecule has 2 aromatic heterocycles. The summed E-state index contributed by atoms with van der Waals surface area (Å²) >= 11 is 0. The third kappa shape index (κ3) is 1.26. The van der Waals surface area contributed by atoms with Gasteiger partial charge in [-0.05, 0) is 12.1 Å². The van der Waals surface area contributed by atoms with Crippen LogP contribution in [0.1, 0.15) is 5.56 Å². The molecule has 0 aliphatic carbocycles. The van der Waals surface area contributed by atoms with Crippen LogP contribution in [0.4, 0.5) is 5.82 Å². The van der Waals surface area contributed by atoms with Crippen LogP contribution in [0.5, 0.6) is 0 Å². The highest BCUT2D eigenvalue weighted by Crippen LogP contribution is 2.26. The molecule has 15 heavy (non-hydrogen) atoms. The summed E-state index contributed by atoms with van der Waals surface area (Å²) in [7, 11) is 4.03. The summed E-state index contributed by atoms with van der Waals surface area (Å²) in [6, 6.07) is 4.02. The van der Waals surface area contributed by atoms with Gasteiger partial charge in [0.2, 0.25) is 5.82 Å². The fourth-order valence-electron chi connectivity index (χ4n) is 2.10. The van der Waals surface area contributed by atoms with Crippen LogP contribution in [0.2, 0.25) is 0 Å². The number of aromatic nitrogens is 3. The second kappa shape index (κ2) is 3.17. The lowest BCUT2D eigenvalue weighted by atomic mass is 10.1. The van der Waals surface area contributed by atoms with Crippen molar-refractivity contribution in [3.8, 4) is 11.3 Å². The SMILES string of the molecule is [CH2-][NH+]1CCc2c(-c3ccn[nH]3)ccnc21. The Labute approximate surface area is 88.0 Å². The topological polar surface area (TPSA) is 46.0 Å². The molecule has 0 aromatic carbocycles. The molecule has 1 aliphatic heterocycles. The van der Waals surface area contributed by atoms with Crippen LogP contribution in [-0.4, -0.2) is 21.7 Å². The minimum absolute atomic E-state index is 1.02. The number of aromatic amines is 1. The van der Waals surface area contributed by atoms with Gasteiger partial charge in [-0.3, -0.25) is 5.10 Å². The number of hydrogen-bond donors (Lipinski definition) is 2. The van der Waals surface area contributed by atoms with E-state index in [-0.39, 0.29) is 0 Å². The lowest BCUT2D eigenvalue weighted by molar-refractivity contribution is -0.777. The van der Waals surface area contributed by atoms with Crippen LogP contribution in [0.3, 0.4) is 0 Å². The number of fused-ring (bicyclic) bond motifs is 1. The van der Waals surface area contributed by atoms with Crippen LogP contribution in [0.25, 0.3) is 11.3 Å². The smallest absolute Gasteiger partial charge is 0.203 e. The minimum Gasteiger partial charge on any atom is -0.418 e. The first kappa shape index (κ1) is 8.61. The van der Waals surface area contributed by atoms with E-state index in [9.17, 15) is 0 Å². The van der Waals surface area contributed by atoms with Gasteiger partial charge in [0.05, 0.1) is 12.2 Å². The summed E-state index contributed by atoms with van der Waals surface area (Å²) in [6.45, 7) is 1.02. The molecular weight excluding hydrogens is 188 g/mol. The molecule has 2 N–H and O–H groups in total. The summed E-state index contributed by atoms with van der Waals surface area (Å²) in [5.74, 6) is 1.07. The molecule has 0 bridgehead atoms. The van der Waals surface area contributed by atoms with Crippen LogP contribution in [0.15, 0.2) is 24.5 Å². The first-order chi connectivity index (χ1) is 7.36. The highest BCUT2D eigenvalue weighted by Gasteiger charge is 2.22. The molecule has 1 aliphatic rings. The van der Waals surface area contributed by atoms with Crippen LogP contribution in [-0.2, 0) is 6.42 Å². The quantitative estimate of drug-likeness (QED) is 0.652. The van der Waals surface area contributed by atoms with Gasteiger partial charge in [0.25, 0.3) is 0 Å². The monoisotopic (exact) mass is 200 g/mol. The zero-order chi connectivity index (χ0) is 10.3. The van der Waals surface area contributed by atoms with Gasteiger partial charge in [0.1, 0.15) is 0 Å². The first-order valence-electron chi connectivity index (χ1n) is 5.02. The molecular formula is C11H12N4. The lowest BCUT2D eigenvalue weighted by Gasteiger charge is -2.11. The van der Waals surface area contributed by atoms with Crippen molar-refractivity contribution >= 4 is 5.82 Å². The maximum atomic E-state index is 4.38. The van der Waals surface area contributed by atoms with Gasteiger partial charge in [-0.25, -0.2) is 4.98 Å². The van der Waals surface area contributed by atoms with Gasteiger partial charge in [0.15, 0.2) is 0 Å². The molecule has 3 rings (SSSR count). The number of nitrogens with zero attached hydrogens (tertiary/aromatic N) is 2. The largest absolute Gasteiger partial charge is 0.418 e. The van der Waals surface area contributed by atoms with E-state index in [0.717, 1.165) is 29.4 Å². The molecule has 1 atom stereocenters. The molecule has 0 saturated heterocycles. The Hall–Kier alpha value is -1.68. The molecule has 76 valence electrons. The highest BCUT2D eigenvalue weighted by molar-refractivity contribution is 5.67. The van der Waals surface area contributed by atoms with Gasteiger partial charge >= 0.3 is 0 Å². The average Bonchev–Trinajstić information content (AvgIpc) is 2.88. The summed E-state index contributed by atoms with van der Waals surface area (Å²) in [4.78, 5) is 5.52. The van der Waals surface area contributed by atoms with Gasteiger partial charge in [-0.2, -0.15) is 5.10 Å². The van der Waals surface area contributed by atoms with E-state index < -0.39 is 0 Å². The standard InChI is InChI=1S/C11H12N4/c1-15-7-4-9-8(2-5-12-11(9)15)10-3-6-13-14-10/h2-3,5-6,15H,1,4,7H2,(H,13,14). The van der Waals surface area contributed by atoms with Crippen molar-refractivity contribution in [2.75, 3.05) is 6.54 Å². The fraction of sp³-hybridized carbons (Fsp3) is 0.182. The van der Waals surface area contributed by atoms with Gasteiger partial charge in [-0.1, -0.05) is 0 Å². The number of nitrogens with one attached hydrogen (secondary N) is 2. The van der Waals surface area contributed by atoms with Gasteiger partial charge < -0.3 is 4.90 Å². The molecule has 4 nitrogen and oxygen atoms in total. The molecule has 2 aromatic rings. The van der Waals surface area contributed by atoms with E-state index in [4.69, 9.17) is 0 Å². The van der Waals surface area contributed by atoms with E-state index in [1.165, 1.54) is 11.1 Å². The predicted octanol–water partition coefficient (Wildman–Crippen LogP) is 0.336. The van der Waals surface area contributed by atoms with E-state index in [1.54, 1.807) is 6.20 Å². The van der Waals surface area contributed by atoms with Crippen molar-refractivity contribution in [3.63, 3.8) is 0 Å². The zero-order valence-corrected chi connectivity index (χ0v) is 8.33. The molecule has 4 heteroatoms. The van der Waals surface area contributed by atoms with Gasteiger partial charge in [-0.15, -0.1) is 7.05 Å². The number of hydrogen-bond acceptors (Lipinski definition) is 2. The molecule has 0 amide bonds. The van der Waals surface area contributed by atoms with Crippen molar-refractivity contribution in [1.29, 1.82) is 0 Å². The lowest BCUT2D eigenvalue weighted by Crippen LogP contribution is -3.00. The number of quaternary nitrogens is 1. The summed E-state index contributed by atoms with van der Waals surface area (Å²) in [6.07, 6.45) is 4.65. The first-order valence-corrected chi connectivity index (χ1v) is 5.02. The normalized spacial score (nSPS) is 19.1. The number of rotatable bonds is 1.